The molecule has 0 aliphatic rings. The fourth-order valence-electron chi connectivity index (χ4n) is 2.05. The van der Waals surface area contributed by atoms with Crippen LogP contribution in [0.4, 0.5) is 0 Å². The molecule has 0 fully saturated rings. The van der Waals surface area contributed by atoms with Crippen molar-refractivity contribution in [3.63, 3.8) is 0 Å². The predicted octanol–water partition coefficient (Wildman–Crippen LogP) is 1.04. The Labute approximate surface area is 132 Å². The molecule has 126 valence electrons. The molecule has 0 aromatic rings. The summed E-state index contributed by atoms with van der Waals surface area (Å²) in [6, 6.07) is 0.0500. The summed E-state index contributed by atoms with van der Waals surface area (Å²) in [6.45, 7) is 12.9. The Morgan fingerprint density at radius 1 is 0.955 bits per heavy atom. The van der Waals surface area contributed by atoms with Crippen molar-refractivity contribution in [1.82, 2.24) is 15.6 Å². The monoisotopic (exact) mass is 312 g/mol. The van der Waals surface area contributed by atoms with Crippen LogP contribution in [0.25, 0.3) is 0 Å². The number of hydrogen-bond donors (Lipinski definition) is 2. The molecule has 7 nitrogen and oxygen atoms in total. The average Bonchev–Trinajstić information content (AvgIpc) is 2.33. The average molecular weight is 312 g/mol. The number of carbonyl (C=O) groups excluding carboxylic acids is 3. The van der Waals surface area contributed by atoms with Gasteiger partial charge in [0.1, 0.15) is 0 Å². The van der Waals surface area contributed by atoms with Crippen LogP contribution in [0, 0.1) is 0 Å². The molecular formula is C15H28N4O3. The van der Waals surface area contributed by atoms with Crippen molar-refractivity contribution in [3.05, 3.63) is 0 Å². The molecule has 0 radical (unpaired) electrons. The lowest BCUT2D eigenvalue weighted by Gasteiger charge is -2.30. The molecule has 2 N–H and O–H groups in total. The Kier molecular flexibility index (Phi) is 8.37. The lowest BCUT2D eigenvalue weighted by atomic mass is 10.2. The van der Waals surface area contributed by atoms with Gasteiger partial charge in [0, 0.05) is 23.8 Å². The molecular weight excluding hydrogens is 284 g/mol. The molecule has 0 aliphatic heterocycles. The van der Waals surface area contributed by atoms with Gasteiger partial charge in [0.05, 0.1) is 6.42 Å². The number of carbonyl (C=O) groups is 3. The van der Waals surface area contributed by atoms with Gasteiger partial charge in [-0.05, 0) is 48.5 Å². The lowest BCUT2D eigenvalue weighted by Crippen LogP contribution is -2.43. The first-order valence-electron chi connectivity index (χ1n) is 7.51. The Hall–Kier alpha value is -1.92. The molecule has 0 saturated carbocycles. The van der Waals surface area contributed by atoms with Crippen LogP contribution in [0.2, 0.25) is 0 Å². The zero-order valence-electron chi connectivity index (χ0n) is 14.6. The van der Waals surface area contributed by atoms with Crippen LogP contribution >= 0.6 is 0 Å². The summed E-state index contributed by atoms with van der Waals surface area (Å²) < 4.78 is 0. The van der Waals surface area contributed by atoms with Crippen LogP contribution in [0.1, 0.15) is 54.9 Å². The minimum atomic E-state index is -0.843. The SMILES string of the molecule is CC(CC(=O)N(C(C)C)C(C)C)=NNC(=O)C(=O)NC(C)C. The standard InChI is InChI=1S/C15H28N4O3/c1-9(2)16-14(21)15(22)18-17-12(7)8-13(20)19(10(3)4)11(5)6/h9-11H,8H2,1-7H3,(H,16,21)(H,18,22). The third-order valence-corrected chi connectivity index (χ3v) is 2.78. The summed E-state index contributed by atoms with van der Waals surface area (Å²) in [4.78, 5) is 36.9. The number of nitrogens with zero attached hydrogens (tertiary/aromatic N) is 2. The second-order valence-electron chi connectivity index (χ2n) is 6.08. The van der Waals surface area contributed by atoms with Gasteiger partial charge in [0.2, 0.25) is 5.91 Å². The first kappa shape index (κ1) is 20.1. The summed E-state index contributed by atoms with van der Waals surface area (Å²) in [6.07, 6.45) is 0.0996. The van der Waals surface area contributed by atoms with Crippen LogP contribution in [0.3, 0.4) is 0 Å². The molecule has 0 unspecified atom stereocenters. The van der Waals surface area contributed by atoms with Gasteiger partial charge in [-0.25, -0.2) is 5.43 Å². The fraction of sp³-hybridized carbons (Fsp3) is 0.733. The van der Waals surface area contributed by atoms with Gasteiger partial charge >= 0.3 is 11.8 Å². The largest absolute Gasteiger partial charge is 0.346 e. The van der Waals surface area contributed by atoms with Crippen LogP contribution in [-0.4, -0.2) is 46.5 Å². The van der Waals surface area contributed by atoms with Gasteiger partial charge in [-0.15, -0.1) is 0 Å². The zero-order valence-corrected chi connectivity index (χ0v) is 14.6. The fourth-order valence-corrected chi connectivity index (χ4v) is 2.05. The van der Waals surface area contributed by atoms with Crippen molar-refractivity contribution in [3.8, 4) is 0 Å². The van der Waals surface area contributed by atoms with Crippen molar-refractivity contribution in [2.24, 2.45) is 5.10 Å². The van der Waals surface area contributed by atoms with Crippen molar-refractivity contribution in [2.75, 3.05) is 0 Å². The molecule has 7 heteroatoms. The molecule has 0 aromatic heterocycles. The Bertz CT molecular complexity index is 434. The number of amides is 3. The van der Waals surface area contributed by atoms with E-state index in [9.17, 15) is 14.4 Å². The lowest BCUT2D eigenvalue weighted by molar-refractivity contribution is -0.139. The maximum Gasteiger partial charge on any atom is 0.329 e. The molecule has 0 aliphatic carbocycles. The van der Waals surface area contributed by atoms with Gasteiger partial charge in [-0.2, -0.15) is 5.10 Å². The summed E-state index contributed by atoms with van der Waals surface area (Å²) in [5, 5.41) is 6.26. The summed E-state index contributed by atoms with van der Waals surface area (Å²) >= 11 is 0. The predicted molar refractivity (Wildman–Crippen MR) is 86.3 cm³/mol. The third kappa shape index (κ3) is 7.19. The Morgan fingerprint density at radius 3 is 1.86 bits per heavy atom. The molecule has 0 aromatic carbocycles. The second-order valence-corrected chi connectivity index (χ2v) is 6.08. The second kappa shape index (κ2) is 9.17. The molecule has 0 saturated heterocycles. The van der Waals surface area contributed by atoms with Gasteiger partial charge in [-0.1, -0.05) is 0 Å². The van der Waals surface area contributed by atoms with Crippen molar-refractivity contribution in [2.45, 2.75) is 73.0 Å². The topological polar surface area (TPSA) is 90.9 Å². The molecule has 0 rings (SSSR count). The highest BCUT2D eigenvalue weighted by molar-refractivity contribution is 6.35. The first-order valence-corrected chi connectivity index (χ1v) is 7.51. The van der Waals surface area contributed by atoms with E-state index >= 15 is 0 Å². The number of nitrogens with one attached hydrogen (secondary N) is 2. The van der Waals surface area contributed by atoms with Crippen molar-refractivity contribution in [1.29, 1.82) is 0 Å². The zero-order chi connectivity index (χ0) is 17.4. The van der Waals surface area contributed by atoms with Crippen LogP contribution in [-0.2, 0) is 14.4 Å². The van der Waals surface area contributed by atoms with E-state index in [0.29, 0.717) is 5.71 Å². The first-order chi connectivity index (χ1) is 10.1. The summed E-state index contributed by atoms with van der Waals surface area (Å²) in [5.41, 5.74) is 2.60. The molecule has 3 amide bonds. The van der Waals surface area contributed by atoms with Crippen molar-refractivity contribution < 1.29 is 14.4 Å². The quantitative estimate of drug-likeness (QED) is 0.436. The van der Waals surface area contributed by atoms with E-state index in [1.165, 1.54) is 0 Å². The molecule has 0 bridgehead atoms. The maximum atomic E-state index is 12.2. The summed E-state index contributed by atoms with van der Waals surface area (Å²) in [5.74, 6) is -1.65. The smallest absolute Gasteiger partial charge is 0.329 e. The van der Waals surface area contributed by atoms with Gasteiger partial charge in [0.25, 0.3) is 0 Å². The minimum absolute atomic E-state index is 0.0628. The van der Waals surface area contributed by atoms with Crippen LogP contribution in [0.15, 0.2) is 5.10 Å². The normalized spacial score (nSPS) is 11.8. The summed E-state index contributed by atoms with van der Waals surface area (Å²) in [7, 11) is 0. The van der Waals surface area contributed by atoms with E-state index in [4.69, 9.17) is 0 Å². The van der Waals surface area contributed by atoms with Crippen LogP contribution < -0.4 is 10.7 Å². The minimum Gasteiger partial charge on any atom is -0.346 e. The molecule has 0 atom stereocenters. The maximum absolute atomic E-state index is 12.2. The third-order valence-electron chi connectivity index (χ3n) is 2.78. The van der Waals surface area contributed by atoms with Gasteiger partial charge < -0.3 is 10.2 Å². The number of hydrazone groups is 1. The molecule has 0 heterocycles. The van der Waals surface area contributed by atoms with E-state index in [0.717, 1.165) is 0 Å². The van der Waals surface area contributed by atoms with Gasteiger partial charge in [-0.3, -0.25) is 14.4 Å². The Morgan fingerprint density at radius 2 is 1.45 bits per heavy atom. The van der Waals surface area contributed by atoms with Gasteiger partial charge in [0.15, 0.2) is 0 Å². The van der Waals surface area contributed by atoms with Crippen LogP contribution in [0.5, 0.6) is 0 Å². The van der Waals surface area contributed by atoms with E-state index in [-0.39, 0.29) is 30.5 Å². The van der Waals surface area contributed by atoms with E-state index < -0.39 is 11.8 Å². The van der Waals surface area contributed by atoms with E-state index in [1.54, 1.807) is 25.7 Å². The Balaban J connectivity index is 4.59. The van der Waals surface area contributed by atoms with E-state index in [1.807, 2.05) is 27.7 Å². The highest BCUT2D eigenvalue weighted by atomic mass is 16.2. The number of rotatable bonds is 6. The van der Waals surface area contributed by atoms with Crippen molar-refractivity contribution >= 4 is 23.4 Å². The molecule has 0 spiro atoms. The number of hydrogen-bond acceptors (Lipinski definition) is 4. The highest BCUT2D eigenvalue weighted by Gasteiger charge is 2.20. The van der Waals surface area contributed by atoms with E-state index in [2.05, 4.69) is 15.8 Å². The molecule has 22 heavy (non-hydrogen) atoms. The highest BCUT2D eigenvalue weighted by Crippen LogP contribution is 2.08.